The fourth-order valence-corrected chi connectivity index (χ4v) is 3.84. The summed E-state index contributed by atoms with van der Waals surface area (Å²) in [7, 11) is 1.78. The fraction of sp³-hybridized carbons (Fsp3) is 0.125. The lowest BCUT2D eigenvalue weighted by Gasteiger charge is -2.05. The maximum Gasteiger partial charge on any atom is 0.205 e. The molecule has 0 fully saturated rings. The second kappa shape index (κ2) is 6.60. The van der Waals surface area contributed by atoms with Crippen molar-refractivity contribution in [2.75, 3.05) is 7.05 Å². The summed E-state index contributed by atoms with van der Waals surface area (Å²) < 4.78 is 1.90. The van der Waals surface area contributed by atoms with Crippen molar-refractivity contribution < 1.29 is 0 Å². The normalized spacial score (nSPS) is 12.9. The summed E-state index contributed by atoms with van der Waals surface area (Å²) in [6.07, 6.45) is 0. The summed E-state index contributed by atoms with van der Waals surface area (Å²) in [6, 6.07) is 11.8. The van der Waals surface area contributed by atoms with Crippen molar-refractivity contribution in [3.8, 4) is 10.6 Å². The molecule has 0 saturated heterocycles. The maximum absolute atomic E-state index is 6.07. The molecule has 3 rings (SSSR count). The van der Waals surface area contributed by atoms with Crippen LogP contribution in [0.4, 0.5) is 0 Å². The number of nitrogens with zero attached hydrogens (tertiary/aromatic N) is 3. The Hall–Kier alpha value is -1.69. The number of aromatic nitrogens is 1. The molecule has 0 amide bonds. The second-order valence-electron chi connectivity index (χ2n) is 4.61. The van der Waals surface area contributed by atoms with E-state index in [2.05, 4.69) is 21.8 Å². The predicted molar refractivity (Wildman–Crippen MR) is 96.2 cm³/mol. The van der Waals surface area contributed by atoms with Crippen molar-refractivity contribution in [1.82, 2.24) is 4.68 Å². The van der Waals surface area contributed by atoms with Crippen LogP contribution >= 0.6 is 34.3 Å². The monoisotopic (exact) mass is 347 g/mol. The molecule has 112 valence electrons. The van der Waals surface area contributed by atoms with Crippen LogP contribution in [0.3, 0.4) is 0 Å². The van der Waals surface area contributed by atoms with Crippen LogP contribution in [-0.4, -0.2) is 17.4 Å². The van der Waals surface area contributed by atoms with Crippen LogP contribution < -0.4 is 4.80 Å². The van der Waals surface area contributed by atoms with Gasteiger partial charge in [-0.2, -0.15) is 5.10 Å². The standard InChI is InChI=1S/C16H14ClN3S2/c1-11(12-5-3-6-13(17)9-12)19-20-14(10-22-16(20)18-2)15-7-4-8-21-15/h3-10H,1-2H3. The molecule has 0 aliphatic heterocycles. The van der Waals surface area contributed by atoms with Crippen LogP contribution in [-0.2, 0) is 0 Å². The zero-order valence-electron chi connectivity index (χ0n) is 12.2. The Morgan fingerprint density at radius 1 is 1.18 bits per heavy atom. The van der Waals surface area contributed by atoms with Gasteiger partial charge in [0, 0.05) is 17.5 Å². The van der Waals surface area contributed by atoms with E-state index in [9.17, 15) is 0 Å². The number of halogens is 1. The summed E-state index contributed by atoms with van der Waals surface area (Å²) in [5, 5.41) is 9.61. The molecular weight excluding hydrogens is 334 g/mol. The quantitative estimate of drug-likeness (QED) is 0.613. The van der Waals surface area contributed by atoms with E-state index >= 15 is 0 Å². The highest BCUT2D eigenvalue weighted by Gasteiger charge is 2.09. The second-order valence-corrected chi connectivity index (χ2v) is 6.83. The van der Waals surface area contributed by atoms with Gasteiger partial charge in [0.25, 0.3) is 0 Å². The predicted octanol–water partition coefficient (Wildman–Crippen LogP) is 4.73. The van der Waals surface area contributed by atoms with Gasteiger partial charge in [0.2, 0.25) is 4.80 Å². The maximum atomic E-state index is 6.07. The van der Waals surface area contributed by atoms with Gasteiger partial charge in [-0.25, -0.2) is 4.68 Å². The van der Waals surface area contributed by atoms with Crippen molar-refractivity contribution in [2.24, 2.45) is 10.1 Å². The van der Waals surface area contributed by atoms with Crippen LogP contribution in [0, 0.1) is 0 Å². The van der Waals surface area contributed by atoms with Crippen LogP contribution in [0.2, 0.25) is 5.02 Å². The molecule has 2 heterocycles. The average Bonchev–Trinajstić information content (AvgIpc) is 3.16. The topological polar surface area (TPSA) is 29.6 Å². The lowest BCUT2D eigenvalue weighted by atomic mass is 10.1. The van der Waals surface area contributed by atoms with Crippen molar-refractivity contribution in [3.63, 3.8) is 0 Å². The van der Waals surface area contributed by atoms with Gasteiger partial charge in [0.1, 0.15) is 0 Å². The lowest BCUT2D eigenvalue weighted by Crippen LogP contribution is -2.13. The third kappa shape index (κ3) is 3.06. The smallest absolute Gasteiger partial charge is 0.205 e. The molecular formula is C16H14ClN3S2. The van der Waals surface area contributed by atoms with E-state index in [1.165, 1.54) is 4.88 Å². The minimum atomic E-state index is 0.709. The highest BCUT2D eigenvalue weighted by molar-refractivity contribution is 7.14. The Kier molecular flexibility index (Phi) is 4.57. The van der Waals surface area contributed by atoms with Crippen LogP contribution in [0.5, 0.6) is 0 Å². The zero-order valence-corrected chi connectivity index (χ0v) is 14.5. The fourth-order valence-electron chi connectivity index (χ4n) is 2.06. The molecule has 1 aromatic carbocycles. The molecule has 0 bridgehead atoms. The van der Waals surface area contributed by atoms with E-state index in [1.54, 1.807) is 29.7 Å². The molecule has 0 aliphatic carbocycles. The number of thiophene rings is 1. The van der Waals surface area contributed by atoms with Gasteiger partial charge in [0.15, 0.2) is 0 Å². The van der Waals surface area contributed by atoms with Gasteiger partial charge in [0.05, 0.1) is 16.3 Å². The first kappa shape index (κ1) is 15.2. The number of benzene rings is 1. The largest absolute Gasteiger partial charge is 0.261 e. The summed E-state index contributed by atoms with van der Waals surface area (Å²) in [5.74, 6) is 0. The highest BCUT2D eigenvalue weighted by Crippen LogP contribution is 2.25. The molecule has 3 aromatic rings. The van der Waals surface area contributed by atoms with Crippen LogP contribution in [0.25, 0.3) is 10.6 Å². The molecule has 0 atom stereocenters. The first-order valence-corrected chi connectivity index (χ1v) is 8.81. The van der Waals surface area contributed by atoms with Crippen LogP contribution in [0.15, 0.2) is 57.3 Å². The van der Waals surface area contributed by atoms with Gasteiger partial charge in [-0.05, 0) is 36.1 Å². The molecule has 0 spiro atoms. The van der Waals surface area contributed by atoms with Gasteiger partial charge >= 0.3 is 0 Å². The minimum Gasteiger partial charge on any atom is -0.261 e. The van der Waals surface area contributed by atoms with Crippen molar-refractivity contribution in [2.45, 2.75) is 6.92 Å². The summed E-state index contributed by atoms with van der Waals surface area (Å²) in [5.41, 5.74) is 2.96. The van der Waals surface area contributed by atoms with Gasteiger partial charge in [-0.3, -0.25) is 4.99 Å². The molecule has 0 radical (unpaired) electrons. The van der Waals surface area contributed by atoms with Gasteiger partial charge < -0.3 is 0 Å². The number of rotatable bonds is 3. The van der Waals surface area contributed by atoms with Gasteiger partial charge in [-0.1, -0.05) is 29.8 Å². The number of hydrogen-bond donors (Lipinski definition) is 0. The third-order valence-corrected chi connectivity index (χ3v) is 5.18. The summed E-state index contributed by atoms with van der Waals surface area (Å²) in [6.45, 7) is 1.98. The Bertz CT molecular complexity index is 873. The first-order chi connectivity index (χ1) is 10.7. The first-order valence-electron chi connectivity index (χ1n) is 6.68. The number of hydrogen-bond acceptors (Lipinski definition) is 4. The molecule has 3 nitrogen and oxygen atoms in total. The highest BCUT2D eigenvalue weighted by atomic mass is 35.5. The Labute approximate surface area is 141 Å². The van der Waals surface area contributed by atoms with Gasteiger partial charge in [-0.15, -0.1) is 22.7 Å². The molecule has 22 heavy (non-hydrogen) atoms. The van der Waals surface area contributed by atoms with Crippen molar-refractivity contribution >= 4 is 40.0 Å². The summed E-state index contributed by atoms with van der Waals surface area (Å²) in [4.78, 5) is 6.36. The van der Waals surface area contributed by atoms with Crippen molar-refractivity contribution in [1.29, 1.82) is 0 Å². The van der Waals surface area contributed by atoms with E-state index in [0.29, 0.717) is 5.02 Å². The average molecular weight is 348 g/mol. The number of thiazole rings is 1. The molecule has 0 aliphatic rings. The molecule has 0 saturated carbocycles. The molecule has 6 heteroatoms. The molecule has 0 unspecified atom stereocenters. The van der Waals surface area contributed by atoms with E-state index in [4.69, 9.17) is 16.7 Å². The third-order valence-electron chi connectivity index (χ3n) is 3.14. The SMILES string of the molecule is CN=c1scc(-c2cccs2)n1N=C(C)c1cccc(Cl)c1. The van der Waals surface area contributed by atoms with E-state index < -0.39 is 0 Å². The van der Waals surface area contributed by atoms with Crippen LogP contribution in [0.1, 0.15) is 12.5 Å². The zero-order chi connectivity index (χ0) is 15.5. The Balaban J connectivity index is 2.12. The molecule has 0 N–H and O–H groups in total. The summed E-state index contributed by atoms with van der Waals surface area (Å²) >= 11 is 9.34. The van der Waals surface area contributed by atoms with E-state index in [1.807, 2.05) is 41.9 Å². The minimum absolute atomic E-state index is 0.709. The van der Waals surface area contributed by atoms with E-state index in [-0.39, 0.29) is 0 Å². The molecule has 2 aromatic heterocycles. The van der Waals surface area contributed by atoms with Crippen molar-refractivity contribution in [3.05, 3.63) is 62.5 Å². The lowest BCUT2D eigenvalue weighted by molar-refractivity contribution is 0.844. The Morgan fingerprint density at radius 3 is 2.73 bits per heavy atom. The van der Waals surface area contributed by atoms with E-state index in [0.717, 1.165) is 21.8 Å². The Morgan fingerprint density at radius 2 is 2.05 bits per heavy atom.